The van der Waals surface area contributed by atoms with E-state index in [9.17, 15) is 8.42 Å². The Kier molecular flexibility index (Phi) is 2.95. The third-order valence-corrected chi connectivity index (χ3v) is 5.70. The Morgan fingerprint density at radius 3 is 3.06 bits per heavy atom. The quantitative estimate of drug-likeness (QED) is 0.859. The highest BCUT2D eigenvalue weighted by Gasteiger charge is 2.29. The second kappa shape index (κ2) is 4.47. The maximum absolute atomic E-state index is 11.4. The SMILES string of the molecule is O=S1(=O)CCC(Cc2nc(-c3cccs3)no2)C1. The molecule has 3 heterocycles. The Bertz CT molecular complexity index is 631. The van der Waals surface area contributed by atoms with Crippen molar-refractivity contribution in [3.05, 3.63) is 23.4 Å². The van der Waals surface area contributed by atoms with E-state index in [1.165, 1.54) is 0 Å². The van der Waals surface area contributed by atoms with Crippen LogP contribution in [0.4, 0.5) is 0 Å². The third kappa shape index (κ3) is 2.46. The third-order valence-electron chi connectivity index (χ3n) is 3.00. The molecule has 2 aromatic heterocycles. The van der Waals surface area contributed by atoms with E-state index >= 15 is 0 Å². The van der Waals surface area contributed by atoms with Crippen LogP contribution in [0.2, 0.25) is 0 Å². The van der Waals surface area contributed by atoms with Gasteiger partial charge in [-0.1, -0.05) is 11.2 Å². The van der Waals surface area contributed by atoms with E-state index in [-0.39, 0.29) is 17.4 Å². The lowest BCUT2D eigenvalue weighted by Crippen LogP contribution is -2.07. The molecule has 0 amide bonds. The number of thiophene rings is 1. The molecule has 2 aromatic rings. The first-order valence-electron chi connectivity index (χ1n) is 5.69. The molecule has 5 nitrogen and oxygen atoms in total. The van der Waals surface area contributed by atoms with E-state index in [4.69, 9.17) is 4.52 Å². The number of nitrogens with zero attached hydrogens (tertiary/aromatic N) is 2. The molecule has 1 aliphatic rings. The Hall–Kier alpha value is -1.21. The molecule has 1 aliphatic heterocycles. The molecule has 96 valence electrons. The summed E-state index contributed by atoms with van der Waals surface area (Å²) in [4.78, 5) is 5.26. The van der Waals surface area contributed by atoms with Gasteiger partial charge in [0.05, 0.1) is 16.4 Å². The minimum atomic E-state index is -2.84. The summed E-state index contributed by atoms with van der Waals surface area (Å²) < 4.78 is 27.9. The molecule has 0 radical (unpaired) electrons. The standard InChI is InChI=1S/C11H12N2O3S2/c14-18(15)5-3-8(7-18)6-10-12-11(13-16-10)9-2-1-4-17-9/h1-2,4,8H,3,5-7H2. The van der Waals surface area contributed by atoms with Gasteiger partial charge in [-0.25, -0.2) is 8.42 Å². The van der Waals surface area contributed by atoms with E-state index in [0.29, 0.717) is 24.6 Å². The summed E-state index contributed by atoms with van der Waals surface area (Å²) >= 11 is 1.55. The van der Waals surface area contributed by atoms with Crippen LogP contribution in [-0.4, -0.2) is 30.1 Å². The summed E-state index contributed by atoms with van der Waals surface area (Å²) in [5.41, 5.74) is 0. The molecule has 1 saturated heterocycles. The summed E-state index contributed by atoms with van der Waals surface area (Å²) in [7, 11) is -2.84. The monoisotopic (exact) mass is 284 g/mol. The van der Waals surface area contributed by atoms with Crippen LogP contribution >= 0.6 is 11.3 Å². The maximum Gasteiger partial charge on any atom is 0.227 e. The van der Waals surface area contributed by atoms with Crippen molar-refractivity contribution < 1.29 is 12.9 Å². The highest BCUT2D eigenvalue weighted by molar-refractivity contribution is 7.91. The van der Waals surface area contributed by atoms with Crippen molar-refractivity contribution in [2.75, 3.05) is 11.5 Å². The van der Waals surface area contributed by atoms with Crippen LogP contribution < -0.4 is 0 Å². The van der Waals surface area contributed by atoms with Crippen molar-refractivity contribution >= 4 is 21.2 Å². The van der Waals surface area contributed by atoms with Crippen LogP contribution in [0, 0.1) is 5.92 Å². The van der Waals surface area contributed by atoms with Crippen LogP contribution in [0.5, 0.6) is 0 Å². The molecule has 0 N–H and O–H groups in total. The molecule has 18 heavy (non-hydrogen) atoms. The molecule has 0 bridgehead atoms. The van der Waals surface area contributed by atoms with Crippen molar-refractivity contribution in [1.29, 1.82) is 0 Å². The fraction of sp³-hybridized carbons (Fsp3) is 0.455. The number of aromatic nitrogens is 2. The molecule has 0 aliphatic carbocycles. The van der Waals surface area contributed by atoms with Crippen molar-refractivity contribution in [3.63, 3.8) is 0 Å². The largest absolute Gasteiger partial charge is 0.339 e. The topological polar surface area (TPSA) is 73.1 Å². The van der Waals surface area contributed by atoms with E-state index < -0.39 is 9.84 Å². The minimum absolute atomic E-state index is 0.117. The zero-order chi connectivity index (χ0) is 12.6. The number of rotatable bonds is 3. The van der Waals surface area contributed by atoms with Gasteiger partial charge in [0, 0.05) is 6.42 Å². The highest BCUT2D eigenvalue weighted by Crippen LogP contribution is 2.25. The number of hydrogen-bond acceptors (Lipinski definition) is 6. The van der Waals surface area contributed by atoms with E-state index in [1.54, 1.807) is 11.3 Å². The van der Waals surface area contributed by atoms with Gasteiger partial charge in [0.15, 0.2) is 9.84 Å². The highest BCUT2D eigenvalue weighted by atomic mass is 32.2. The zero-order valence-electron chi connectivity index (χ0n) is 9.57. The van der Waals surface area contributed by atoms with Crippen LogP contribution in [0.15, 0.2) is 22.0 Å². The Labute approximate surface area is 109 Å². The molecule has 1 atom stereocenters. The Morgan fingerprint density at radius 1 is 1.50 bits per heavy atom. The average Bonchev–Trinajstić information content (AvgIpc) is 2.99. The van der Waals surface area contributed by atoms with E-state index in [0.717, 1.165) is 4.88 Å². The minimum Gasteiger partial charge on any atom is -0.339 e. The smallest absolute Gasteiger partial charge is 0.227 e. The van der Waals surface area contributed by atoms with Gasteiger partial charge in [0.2, 0.25) is 11.7 Å². The van der Waals surface area contributed by atoms with Gasteiger partial charge < -0.3 is 4.52 Å². The number of hydrogen-bond donors (Lipinski definition) is 0. The van der Waals surface area contributed by atoms with Gasteiger partial charge in [-0.15, -0.1) is 11.3 Å². The first-order valence-corrected chi connectivity index (χ1v) is 8.39. The molecular weight excluding hydrogens is 272 g/mol. The fourth-order valence-corrected chi connectivity index (χ4v) is 4.63. The van der Waals surface area contributed by atoms with Crippen molar-refractivity contribution in [2.24, 2.45) is 5.92 Å². The molecule has 7 heteroatoms. The first-order chi connectivity index (χ1) is 8.62. The Balaban J connectivity index is 1.71. The lowest BCUT2D eigenvalue weighted by atomic mass is 10.1. The summed E-state index contributed by atoms with van der Waals surface area (Å²) in [5, 5.41) is 5.87. The summed E-state index contributed by atoms with van der Waals surface area (Å²) in [6.07, 6.45) is 1.25. The van der Waals surface area contributed by atoms with Gasteiger partial charge >= 0.3 is 0 Å². The summed E-state index contributed by atoms with van der Waals surface area (Å²) in [6, 6.07) is 3.86. The molecule has 0 spiro atoms. The van der Waals surface area contributed by atoms with Gasteiger partial charge in [-0.2, -0.15) is 4.98 Å². The van der Waals surface area contributed by atoms with Crippen LogP contribution in [-0.2, 0) is 16.3 Å². The van der Waals surface area contributed by atoms with Crippen molar-refractivity contribution in [2.45, 2.75) is 12.8 Å². The van der Waals surface area contributed by atoms with Crippen molar-refractivity contribution in [1.82, 2.24) is 10.1 Å². The first kappa shape index (κ1) is 11.9. The predicted octanol–water partition coefficient (Wildman–Crippen LogP) is 1.78. The second-order valence-electron chi connectivity index (χ2n) is 4.46. The lowest BCUT2D eigenvalue weighted by molar-refractivity contribution is 0.359. The van der Waals surface area contributed by atoms with Crippen molar-refractivity contribution in [3.8, 4) is 10.7 Å². The van der Waals surface area contributed by atoms with Crippen LogP contribution in [0.25, 0.3) is 10.7 Å². The average molecular weight is 284 g/mol. The lowest BCUT2D eigenvalue weighted by Gasteiger charge is -2.01. The van der Waals surface area contributed by atoms with E-state index in [2.05, 4.69) is 10.1 Å². The van der Waals surface area contributed by atoms with Crippen LogP contribution in [0.1, 0.15) is 12.3 Å². The van der Waals surface area contributed by atoms with Crippen LogP contribution in [0.3, 0.4) is 0 Å². The zero-order valence-corrected chi connectivity index (χ0v) is 11.2. The molecule has 0 aromatic carbocycles. The predicted molar refractivity (Wildman–Crippen MR) is 68.1 cm³/mol. The van der Waals surface area contributed by atoms with Gasteiger partial charge in [0.25, 0.3) is 0 Å². The summed E-state index contributed by atoms with van der Waals surface area (Å²) in [6.45, 7) is 0. The maximum atomic E-state index is 11.4. The molecule has 1 unspecified atom stereocenters. The molecule has 0 saturated carbocycles. The Morgan fingerprint density at radius 2 is 2.39 bits per heavy atom. The van der Waals surface area contributed by atoms with Gasteiger partial charge in [-0.3, -0.25) is 0 Å². The second-order valence-corrected chi connectivity index (χ2v) is 7.64. The normalized spacial score (nSPS) is 22.3. The van der Waals surface area contributed by atoms with Gasteiger partial charge in [0.1, 0.15) is 0 Å². The molecule has 3 rings (SSSR count). The number of sulfone groups is 1. The fourth-order valence-electron chi connectivity index (χ4n) is 2.12. The van der Waals surface area contributed by atoms with E-state index in [1.807, 2.05) is 17.5 Å². The molecule has 1 fully saturated rings. The molecular formula is C11H12N2O3S2. The summed E-state index contributed by atoms with van der Waals surface area (Å²) in [5.74, 6) is 1.75. The van der Waals surface area contributed by atoms with Gasteiger partial charge in [-0.05, 0) is 23.8 Å².